The second-order valence-corrected chi connectivity index (χ2v) is 9.27. The summed E-state index contributed by atoms with van der Waals surface area (Å²) in [6.45, 7) is 4.23. The third-order valence-electron chi connectivity index (χ3n) is 6.14. The molecule has 1 N–H and O–H groups in total. The van der Waals surface area contributed by atoms with Gasteiger partial charge in [0.1, 0.15) is 11.5 Å². The van der Waals surface area contributed by atoms with Crippen molar-refractivity contribution >= 4 is 34.4 Å². The molecule has 0 unspecified atom stereocenters. The summed E-state index contributed by atoms with van der Waals surface area (Å²) in [4.78, 5) is 11.3. The lowest BCUT2D eigenvalue weighted by Crippen LogP contribution is -2.30. The van der Waals surface area contributed by atoms with E-state index in [1.165, 1.54) is 0 Å². The van der Waals surface area contributed by atoms with Crippen molar-refractivity contribution in [3.63, 3.8) is 0 Å². The Labute approximate surface area is 208 Å². The SMILES string of the molecule is COc1ccc(N2C(=S)N[C@H](c3ccccn3)[C@@H]2c2cc(C)n(-c3nccs3)c2C)c(OC)c1. The molecular formula is C25H25N5O2S2. The highest BCUT2D eigenvalue weighted by atomic mass is 32.1. The number of thiocarbonyl (C=S) groups is 1. The number of anilines is 1. The van der Waals surface area contributed by atoms with Crippen LogP contribution in [0, 0.1) is 13.8 Å². The average molecular weight is 492 g/mol. The molecule has 0 amide bonds. The summed E-state index contributed by atoms with van der Waals surface area (Å²) in [6, 6.07) is 13.7. The van der Waals surface area contributed by atoms with Crippen LogP contribution in [0.3, 0.4) is 0 Å². The van der Waals surface area contributed by atoms with Gasteiger partial charge in [0.15, 0.2) is 10.2 Å². The van der Waals surface area contributed by atoms with Gasteiger partial charge in [-0.05, 0) is 62.0 Å². The Morgan fingerprint density at radius 2 is 1.88 bits per heavy atom. The molecule has 0 radical (unpaired) electrons. The van der Waals surface area contributed by atoms with Crippen LogP contribution >= 0.6 is 23.6 Å². The van der Waals surface area contributed by atoms with Crippen molar-refractivity contribution < 1.29 is 9.47 Å². The third-order valence-corrected chi connectivity index (χ3v) is 7.22. The van der Waals surface area contributed by atoms with Gasteiger partial charge in [-0.2, -0.15) is 0 Å². The van der Waals surface area contributed by atoms with Crippen molar-refractivity contribution in [3.8, 4) is 16.6 Å². The van der Waals surface area contributed by atoms with Crippen LogP contribution in [0.1, 0.15) is 34.7 Å². The second-order valence-electron chi connectivity index (χ2n) is 8.01. The number of benzene rings is 1. The highest BCUT2D eigenvalue weighted by molar-refractivity contribution is 7.80. The van der Waals surface area contributed by atoms with Gasteiger partial charge in [-0.3, -0.25) is 9.55 Å². The first kappa shape index (κ1) is 22.4. The molecule has 9 heteroatoms. The van der Waals surface area contributed by atoms with E-state index in [4.69, 9.17) is 21.7 Å². The van der Waals surface area contributed by atoms with E-state index >= 15 is 0 Å². The van der Waals surface area contributed by atoms with Crippen LogP contribution in [0.25, 0.3) is 5.13 Å². The predicted molar refractivity (Wildman–Crippen MR) is 138 cm³/mol. The molecule has 1 aromatic carbocycles. The fourth-order valence-electron chi connectivity index (χ4n) is 4.62. The quantitative estimate of drug-likeness (QED) is 0.375. The minimum absolute atomic E-state index is 0.147. The van der Waals surface area contributed by atoms with Gasteiger partial charge < -0.3 is 19.7 Å². The standard InChI is InChI=1S/C25H25N5O2S2/c1-15-13-18(16(2)29(15)25-27-11-12-34-25)23-22(19-7-5-6-10-26-19)28-24(33)30(23)20-9-8-17(31-3)14-21(20)32-4/h5-14,22-23H,1-4H3,(H,28,33)/t22-,23+/m1/s1. The summed E-state index contributed by atoms with van der Waals surface area (Å²) < 4.78 is 13.4. The normalized spacial score (nSPS) is 17.6. The molecule has 174 valence electrons. The van der Waals surface area contributed by atoms with Crippen molar-refractivity contribution in [3.05, 3.63) is 82.9 Å². The molecule has 7 nitrogen and oxygen atoms in total. The minimum atomic E-state index is -0.149. The Bertz CT molecular complexity index is 1320. The van der Waals surface area contributed by atoms with Crippen LogP contribution in [0.4, 0.5) is 5.69 Å². The Balaban J connectivity index is 1.70. The molecule has 4 aromatic rings. The van der Waals surface area contributed by atoms with Gasteiger partial charge >= 0.3 is 0 Å². The zero-order chi connectivity index (χ0) is 23.8. The average Bonchev–Trinajstić information content (AvgIpc) is 3.57. The van der Waals surface area contributed by atoms with Crippen LogP contribution in [-0.2, 0) is 0 Å². The minimum Gasteiger partial charge on any atom is -0.497 e. The lowest BCUT2D eigenvalue weighted by atomic mass is 9.96. The Morgan fingerprint density at radius 1 is 1.03 bits per heavy atom. The van der Waals surface area contributed by atoms with Gasteiger partial charge in [0, 0.05) is 35.2 Å². The van der Waals surface area contributed by atoms with E-state index in [-0.39, 0.29) is 12.1 Å². The number of methoxy groups -OCH3 is 2. The fourth-order valence-corrected chi connectivity index (χ4v) is 5.71. The zero-order valence-corrected chi connectivity index (χ0v) is 21.0. The van der Waals surface area contributed by atoms with Gasteiger partial charge in [0.05, 0.1) is 37.7 Å². The Hall–Kier alpha value is -3.43. The smallest absolute Gasteiger partial charge is 0.193 e. The lowest BCUT2D eigenvalue weighted by Gasteiger charge is -2.29. The molecule has 4 heterocycles. The van der Waals surface area contributed by atoms with Gasteiger partial charge in [-0.25, -0.2) is 4.98 Å². The summed E-state index contributed by atoms with van der Waals surface area (Å²) >= 11 is 7.51. The molecule has 2 atom stereocenters. The van der Waals surface area contributed by atoms with E-state index in [9.17, 15) is 0 Å². The number of ether oxygens (including phenoxy) is 2. The molecule has 0 aliphatic carbocycles. The van der Waals surface area contributed by atoms with Crippen LogP contribution < -0.4 is 19.7 Å². The van der Waals surface area contributed by atoms with E-state index in [1.807, 2.05) is 54.2 Å². The molecule has 1 aliphatic heterocycles. The molecule has 0 spiro atoms. The number of pyridine rings is 1. The second kappa shape index (κ2) is 9.08. The number of thiazole rings is 1. The molecule has 5 rings (SSSR count). The first-order valence-electron chi connectivity index (χ1n) is 10.8. The molecule has 0 saturated carbocycles. The van der Waals surface area contributed by atoms with Crippen LogP contribution in [-0.4, -0.2) is 33.9 Å². The van der Waals surface area contributed by atoms with Crippen molar-refractivity contribution in [2.75, 3.05) is 19.1 Å². The number of hydrogen-bond acceptors (Lipinski definition) is 6. The zero-order valence-electron chi connectivity index (χ0n) is 19.4. The largest absolute Gasteiger partial charge is 0.497 e. The van der Waals surface area contributed by atoms with Crippen molar-refractivity contribution in [1.29, 1.82) is 0 Å². The number of nitrogens with zero attached hydrogens (tertiary/aromatic N) is 4. The highest BCUT2D eigenvalue weighted by Gasteiger charge is 2.43. The van der Waals surface area contributed by atoms with Crippen molar-refractivity contribution in [1.82, 2.24) is 19.9 Å². The van der Waals surface area contributed by atoms with Gasteiger partial charge in [-0.1, -0.05) is 6.07 Å². The van der Waals surface area contributed by atoms with Crippen molar-refractivity contribution in [2.24, 2.45) is 0 Å². The number of rotatable bonds is 6. The molecule has 1 saturated heterocycles. The lowest BCUT2D eigenvalue weighted by molar-refractivity contribution is 0.394. The third kappa shape index (κ3) is 3.70. The highest BCUT2D eigenvalue weighted by Crippen LogP contribution is 2.46. The number of hydrogen-bond donors (Lipinski definition) is 1. The van der Waals surface area contributed by atoms with E-state index < -0.39 is 0 Å². The molecular weight excluding hydrogens is 466 g/mol. The summed E-state index contributed by atoms with van der Waals surface area (Å²) in [5.74, 6) is 1.40. The van der Waals surface area contributed by atoms with Crippen LogP contribution in [0.2, 0.25) is 0 Å². The Morgan fingerprint density at radius 3 is 2.56 bits per heavy atom. The van der Waals surface area contributed by atoms with E-state index in [1.54, 1.807) is 25.6 Å². The maximum absolute atomic E-state index is 5.89. The predicted octanol–water partition coefficient (Wildman–Crippen LogP) is 5.14. The maximum Gasteiger partial charge on any atom is 0.193 e. The van der Waals surface area contributed by atoms with E-state index in [0.29, 0.717) is 10.9 Å². The van der Waals surface area contributed by atoms with E-state index in [2.05, 4.69) is 44.7 Å². The summed E-state index contributed by atoms with van der Waals surface area (Å²) in [6.07, 6.45) is 3.64. The summed E-state index contributed by atoms with van der Waals surface area (Å²) in [5, 5.41) is 7.07. The summed E-state index contributed by atoms with van der Waals surface area (Å²) in [5.41, 5.74) is 5.16. The Kier molecular flexibility index (Phi) is 5.97. The van der Waals surface area contributed by atoms with Gasteiger partial charge in [0.2, 0.25) is 0 Å². The first-order valence-corrected chi connectivity index (χ1v) is 12.1. The molecule has 0 bridgehead atoms. The van der Waals surface area contributed by atoms with Crippen LogP contribution in [0.15, 0.2) is 60.2 Å². The maximum atomic E-state index is 5.89. The number of aryl methyl sites for hydroxylation is 1. The molecule has 1 aliphatic rings. The number of aromatic nitrogens is 3. The van der Waals surface area contributed by atoms with E-state index in [0.717, 1.165) is 39.2 Å². The molecule has 34 heavy (non-hydrogen) atoms. The first-order chi connectivity index (χ1) is 16.5. The fraction of sp³-hybridized carbons (Fsp3) is 0.240. The molecule has 1 fully saturated rings. The number of nitrogens with one attached hydrogen (secondary N) is 1. The van der Waals surface area contributed by atoms with Crippen LogP contribution in [0.5, 0.6) is 11.5 Å². The van der Waals surface area contributed by atoms with Gasteiger partial charge in [0.25, 0.3) is 0 Å². The topological polar surface area (TPSA) is 64.4 Å². The van der Waals surface area contributed by atoms with Gasteiger partial charge in [-0.15, -0.1) is 11.3 Å². The summed E-state index contributed by atoms with van der Waals surface area (Å²) in [7, 11) is 3.30. The molecule has 3 aromatic heterocycles. The van der Waals surface area contributed by atoms with Crippen molar-refractivity contribution in [2.45, 2.75) is 25.9 Å². The monoisotopic (exact) mass is 491 g/mol.